The van der Waals surface area contributed by atoms with Crippen molar-refractivity contribution >= 4 is 29.0 Å². The second-order valence-corrected chi connectivity index (χ2v) is 7.32. The molecule has 1 N–H and O–H groups in total. The summed E-state index contributed by atoms with van der Waals surface area (Å²) in [5.41, 5.74) is 1.37. The number of fused-ring (bicyclic) bond motifs is 1. The van der Waals surface area contributed by atoms with Crippen molar-refractivity contribution in [1.82, 2.24) is 5.32 Å². The zero-order valence-corrected chi connectivity index (χ0v) is 17.7. The summed E-state index contributed by atoms with van der Waals surface area (Å²) >= 11 is 5.55. The summed E-state index contributed by atoms with van der Waals surface area (Å²) in [7, 11) is 0. The number of halogens is 2. The number of hydrogen-bond donors (Lipinski definition) is 1. The summed E-state index contributed by atoms with van der Waals surface area (Å²) in [6.45, 7) is 4.41. The SMILES string of the molecule is CCOC(=O)C1=C(C)N(c2ccc3c(c2)OCCO3)C(=S)N[C@H]1c1ccc(F)cc1F. The molecule has 1 atom stereocenters. The van der Waals surface area contributed by atoms with Crippen LogP contribution in [0.15, 0.2) is 47.7 Å². The third kappa shape index (κ3) is 3.93. The highest BCUT2D eigenvalue weighted by Gasteiger charge is 2.37. The van der Waals surface area contributed by atoms with Gasteiger partial charge in [-0.25, -0.2) is 13.6 Å². The van der Waals surface area contributed by atoms with E-state index in [1.807, 2.05) is 0 Å². The molecule has 0 bridgehead atoms. The van der Waals surface area contributed by atoms with Gasteiger partial charge in [0.05, 0.1) is 23.9 Å². The minimum Gasteiger partial charge on any atom is -0.486 e. The normalized spacial score (nSPS) is 18.0. The van der Waals surface area contributed by atoms with Gasteiger partial charge in [0.2, 0.25) is 0 Å². The van der Waals surface area contributed by atoms with Gasteiger partial charge in [0.15, 0.2) is 16.6 Å². The zero-order chi connectivity index (χ0) is 22.1. The monoisotopic (exact) mass is 446 g/mol. The summed E-state index contributed by atoms with van der Waals surface area (Å²) < 4.78 is 44.5. The van der Waals surface area contributed by atoms with Crippen LogP contribution in [0.5, 0.6) is 11.5 Å². The Morgan fingerprint density at radius 3 is 2.65 bits per heavy atom. The van der Waals surface area contributed by atoms with E-state index in [9.17, 15) is 13.6 Å². The lowest BCUT2D eigenvalue weighted by Gasteiger charge is -2.37. The number of thiocarbonyl (C=S) groups is 1. The summed E-state index contributed by atoms with van der Waals surface area (Å²) in [5.74, 6) is -0.946. The quantitative estimate of drug-likeness (QED) is 0.563. The van der Waals surface area contributed by atoms with Gasteiger partial charge in [0, 0.05) is 23.4 Å². The molecule has 0 amide bonds. The number of allylic oxidation sites excluding steroid dienone is 1. The number of esters is 1. The Morgan fingerprint density at radius 2 is 1.94 bits per heavy atom. The smallest absolute Gasteiger partial charge is 0.338 e. The van der Waals surface area contributed by atoms with Crippen molar-refractivity contribution in [2.75, 3.05) is 24.7 Å². The molecule has 0 spiro atoms. The highest BCUT2D eigenvalue weighted by Crippen LogP contribution is 2.39. The molecule has 2 heterocycles. The molecule has 4 rings (SSSR count). The largest absolute Gasteiger partial charge is 0.486 e. The van der Waals surface area contributed by atoms with E-state index < -0.39 is 23.6 Å². The fraction of sp³-hybridized carbons (Fsp3) is 0.273. The number of nitrogens with one attached hydrogen (secondary N) is 1. The van der Waals surface area contributed by atoms with Crippen molar-refractivity contribution in [3.05, 3.63) is 64.9 Å². The van der Waals surface area contributed by atoms with Gasteiger partial charge in [-0.1, -0.05) is 6.07 Å². The molecule has 2 aromatic carbocycles. The molecule has 0 aliphatic carbocycles. The van der Waals surface area contributed by atoms with Crippen LogP contribution in [0.1, 0.15) is 25.5 Å². The zero-order valence-electron chi connectivity index (χ0n) is 16.9. The molecule has 2 aromatic rings. The van der Waals surface area contributed by atoms with Crippen LogP contribution >= 0.6 is 12.2 Å². The van der Waals surface area contributed by atoms with Gasteiger partial charge in [-0.05, 0) is 44.3 Å². The first kappa shape index (κ1) is 21.0. The second kappa shape index (κ2) is 8.50. The van der Waals surface area contributed by atoms with E-state index >= 15 is 0 Å². The molecular weight excluding hydrogens is 426 g/mol. The number of carbonyl (C=O) groups excluding carboxylic acids is 1. The van der Waals surface area contributed by atoms with Gasteiger partial charge in [-0.2, -0.15) is 0 Å². The minimum atomic E-state index is -0.930. The summed E-state index contributed by atoms with van der Waals surface area (Å²) in [5, 5.41) is 3.25. The molecule has 162 valence electrons. The van der Waals surface area contributed by atoms with Crippen LogP contribution in [0, 0.1) is 11.6 Å². The number of ether oxygens (including phenoxy) is 3. The predicted molar refractivity (Wildman–Crippen MR) is 114 cm³/mol. The van der Waals surface area contributed by atoms with Crippen LogP contribution in [-0.4, -0.2) is 30.9 Å². The number of hydrogen-bond acceptors (Lipinski definition) is 5. The first-order valence-electron chi connectivity index (χ1n) is 9.73. The standard InChI is InChI=1S/C22H20F2N2O4S/c1-3-28-21(27)19-12(2)26(14-5-7-17-18(11-14)30-9-8-29-17)22(31)25-20(19)15-6-4-13(23)10-16(15)24/h4-7,10-11,20H,3,8-9H2,1-2H3,(H,25,31)/t20-/m0/s1. The Morgan fingerprint density at radius 1 is 1.19 bits per heavy atom. The number of carbonyl (C=O) groups is 1. The number of anilines is 1. The van der Waals surface area contributed by atoms with Crippen molar-refractivity contribution in [3.8, 4) is 11.5 Å². The van der Waals surface area contributed by atoms with E-state index in [1.165, 1.54) is 6.07 Å². The van der Waals surface area contributed by atoms with Crippen LogP contribution < -0.4 is 19.7 Å². The van der Waals surface area contributed by atoms with Crippen molar-refractivity contribution in [2.45, 2.75) is 19.9 Å². The van der Waals surface area contributed by atoms with Crippen molar-refractivity contribution in [2.24, 2.45) is 0 Å². The maximum absolute atomic E-state index is 14.6. The average Bonchev–Trinajstić information content (AvgIpc) is 2.73. The molecule has 2 aliphatic rings. The maximum atomic E-state index is 14.6. The van der Waals surface area contributed by atoms with E-state index in [0.717, 1.165) is 12.1 Å². The van der Waals surface area contributed by atoms with E-state index in [2.05, 4.69) is 5.32 Å². The van der Waals surface area contributed by atoms with Crippen LogP contribution in [0.4, 0.5) is 14.5 Å². The van der Waals surface area contributed by atoms with E-state index in [4.69, 9.17) is 26.4 Å². The lowest BCUT2D eigenvalue weighted by molar-refractivity contribution is -0.139. The van der Waals surface area contributed by atoms with Crippen LogP contribution in [0.25, 0.3) is 0 Å². The fourth-order valence-corrected chi connectivity index (χ4v) is 4.03. The van der Waals surface area contributed by atoms with E-state index in [1.54, 1.807) is 36.9 Å². The second-order valence-electron chi connectivity index (χ2n) is 6.93. The van der Waals surface area contributed by atoms with Gasteiger partial charge < -0.3 is 19.5 Å². The highest BCUT2D eigenvalue weighted by atomic mass is 32.1. The summed E-state index contributed by atoms with van der Waals surface area (Å²) in [6.07, 6.45) is 0. The molecule has 2 aliphatic heterocycles. The Hall–Kier alpha value is -3.20. The Bertz CT molecular complexity index is 1090. The van der Waals surface area contributed by atoms with Crippen molar-refractivity contribution < 1.29 is 27.8 Å². The first-order valence-corrected chi connectivity index (χ1v) is 10.1. The number of benzene rings is 2. The number of rotatable bonds is 4. The lowest BCUT2D eigenvalue weighted by Crippen LogP contribution is -2.48. The number of nitrogens with zero attached hydrogens (tertiary/aromatic N) is 1. The summed E-state index contributed by atoms with van der Waals surface area (Å²) in [6, 6.07) is 7.56. The molecule has 0 saturated carbocycles. The molecular formula is C22H20F2N2O4S. The Labute approximate surface area is 183 Å². The van der Waals surface area contributed by atoms with Crippen LogP contribution in [0.2, 0.25) is 0 Å². The van der Waals surface area contributed by atoms with Gasteiger partial charge in [0.1, 0.15) is 24.8 Å². The third-order valence-corrected chi connectivity index (χ3v) is 5.34. The molecule has 0 fully saturated rings. The van der Waals surface area contributed by atoms with Crippen LogP contribution in [0.3, 0.4) is 0 Å². The Kier molecular flexibility index (Phi) is 5.77. The fourth-order valence-electron chi connectivity index (χ4n) is 3.67. The molecule has 0 saturated heterocycles. The topological polar surface area (TPSA) is 60.0 Å². The molecule has 9 heteroatoms. The van der Waals surface area contributed by atoms with Gasteiger partial charge >= 0.3 is 5.97 Å². The average molecular weight is 446 g/mol. The van der Waals surface area contributed by atoms with E-state index in [-0.39, 0.29) is 22.9 Å². The molecule has 31 heavy (non-hydrogen) atoms. The van der Waals surface area contributed by atoms with Gasteiger partial charge in [-0.3, -0.25) is 4.90 Å². The van der Waals surface area contributed by atoms with Crippen molar-refractivity contribution in [1.29, 1.82) is 0 Å². The van der Waals surface area contributed by atoms with Crippen molar-refractivity contribution in [3.63, 3.8) is 0 Å². The first-order chi connectivity index (χ1) is 14.9. The lowest BCUT2D eigenvalue weighted by atomic mass is 9.94. The molecule has 6 nitrogen and oxygen atoms in total. The van der Waals surface area contributed by atoms with Gasteiger partial charge in [0.25, 0.3) is 0 Å². The third-order valence-electron chi connectivity index (χ3n) is 5.04. The van der Waals surface area contributed by atoms with E-state index in [0.29, 0.717) is 36.1 Å². The minimum absolute atomic E-state index is 0.0907. The molecule has 0 aromatic heterocycles. The highest BCUT2D eigenvalue weighted by molar-refractivity contribution is 7.80. The van der Waals surface area contributed by atoms with Crippen LogP contribution in [-0.2, 0) is 9.53 Å². The maximum Gasteiger partial charge on any atom is 0.338 e. The molecule has 0 radical (unpaired) electrons. The summed E-state index contributed by atoms with van der Waals surface area (Å²) in [4.78, 5) is 14.5. The van der Waals surface area contributed by atoms with Gasteiger partial charge in [-0.15, -0.1) is 0 Å². The predicted octanol–water partition coefficient (Wildman–Crippen LogP) is 4.01. The molecule has 0 unspecified atom stereocenters. The Balaban J connectivity index is 1.82.